The minimum absolute atomic E-state index is 0.302. The maximum absolute atomic E-state index is 5.30. The molecule has 2 heteroatoms. The highest BCUT2D eigenvalue weighted by Gasteiger charge is 2.12. The first-order valence-electron chi connectivity index (χ1n) is 7.12. The fraction of sp³-hybridized carbons (Fsp3) is 0.625. The minimum atomic E-state index is 0.302. The number of rotatable bonds is 5. The molecule has 0 radical (unpaired) electrons. The van der Waals surface area contributed by atoms with Crippen molar-refractivity contribution < 1.29 is 4.74 Å². The molecule has 1 fully saturated rings. The lowest BCUT2D eigenvalue weighted by atomic mass is 9.96. The minimum Gasteiger partial charge on any atom is -0.381 e. The van der Waals surface area contributed by atoms with Gasteiger partial charge >= 0.3 is 0 Å². The van der Waals surface area contributed by atoms with Crippen LogP contribution in [0.4, 0.5) is 0 Å². The standard InChI is InChI=1S/C16H25NO/c1-13(18-2)11-14-6-8-15(9-7-14)12-16-5-3-4-10-17-16/h6-9,13,16-17H,3-5,10-12H2,1-2H3. The Kier molecular flexibility index (Phi) is 5.21. The Morgan fingerprint density at radius 3 is 2.56 bits per heavy atom. The molecule has 1 aromatic carbocycles. The van der Waals surface area contributed by atoms with Crippen LogP contribution in [-0.4, -0.2) is 25.8 Å². The molecule has 1 saturated heterocycles. The molecular weight excluding hydrogens is 222 g/mol. The Labute approximate surface area is 111 Å². The summed E-state index contributed by atoms with van der Waals surface area (Å²) in [5, 5.41) is 3.60. The van der Waals surface area contributed by atoms with E-state index in [1.54, 1.807) is 7.11 Å². The average molecular weight is 247 g/mol. The van der Waals surface area contributed by atoms with Crippen molar-refractivity contribution >= 4 is 0 Å². The molecule has 1 heterocycles. The van der Waals surface area contributed by atoms with E-state index in [-0.39, 0.29) is 0 Å². The van der Waals surface area contributed by atoms with Crippen LogP contribution in [0.1, 0.15) is 37.3 Å². The highest BCUT2D eigenvalue weighted by atomic mass is 16.5. The number of methoxy groups -OCH3 is 1. The highest BCUT2D eigenvalue weighted by molar-refractivity contribution is 5.23. The molecule has 0 aliphatic carbocycles. The molecule has 0 amide bonds. The lowest BCUT2D eigenvalue weighted by molar-refractivity contribution is 0.119. The maximum Gasteiger partial charge on any atom is 0.0583 e. The van der Waals surface area contributed by atoms with Gasteiger partial charge in [-0.15, -0.1) is 0 Å². The molecule has 0 saturated carbocycles. The van der Waals surface area contributed by atoms with Gasteiger partial charge in [0.1, 0.15) is 0 Å². The Bertz CT molecular complexity index is 341. The van der Waals surface area contributed by atoms with E-state index in [9.17, 15) is 0 Å². The van der Waals surface area contributed by atoms with Crippen LogP contribution >= 0.6 is 0 Å². The molecule has 0 aromatic heterocycles. The van der Waals surface area contributed by atoms with E-state index >= 15 is 0 Å². The third kappa shape index (κ3) is 4.11. The van der Waals surface area contributed by atoms with Crippen LogP contribution < -0.4 is 5.32 Å². The summed E-state index contributed by atoms with van der Waals surface area (Å²) in [6, 6.07) is 9.71. The number of nitrogens with one attached hydrogen (secondary N) is 1. The van der Waals surface area contributed by atoms with Gasteiger partial charge in [0.2, 0.25) is 0 Å². The molecule has 2 unspecified atom stereocenters. The molecule has 1 aromatic rings. The summed E-state index contributed by atoms with van der Waals surface area (Å²) in [4.78, 5) is 0. The SMILES string of the molecule is COC(C)Cc1ccc(CC2CCCCN2)cc1. The van der Waals surface area contributed by atoms with E-state index in [4.69, 9.17) is 4.74 Å². The Balaban J connectivity index is 1.86. The van der Waals surface area contributed by atoms with E-state index in [1.807, 2.05) is 0 Å². The normalized spacial score (nSPS) is 21.8. The number of ether oxygens (including phenoxy) is 1. The zero-order valence-electron chi connectivity index (χ0n) is 11.6. The number of hydrogen-bond acceptors (Lipinski definition) is 2. The van der Waals surface area contributed by atoms with Crippen molar-refractivity contribution in [3.05, 3.63) is 35.4 Å². The predicted molar refractivity (Wildman–Crippen MR) is 76.0 cm³/mol. The van der Waals surface area contributed by atoms with E-state index in [0.717, 1.165) is 6.42 Å². The Morgan fingerprint density at radius 1 is 1.22 bits per heavy atom. The van der Waals surface area contributed by atoms with Gasteiger partial charge in [0.05, 0.1) is 6.10 Å². The summed E-state index contributed by atoms with van der Waals surface area (Å²) in [5.41, 5.74) is 2.81. The van der Waals surface area contributed by atoms with Gasteiger partial charge < -0.3 is 10.1 Å². The second-order valence-electron chi connectivity index (χ2n) is 5.42. The van der Waals surface area contributed by atoms with Gasteiger partial charge in [-0.2, -0.15) is 0 Å². The largest absolute Gasteiger partial charge is 0.381 e. The number of benzene rings is 1. The van der Waals surface area contributed by atoms with Gasteiger partial charge in [-0.3, -0.25) is 0 Å². The van der Waals surface area contributed by atoms with Gasteiger partial charge in [0.15, 0.2) is 0 Å². The third-order valence-electron chi connectivity index (χ3n) is 3.84. The molecule has 100 valence electrons. The van der Waals surface area contributed by atoms with Crippen LogP contribution in [0.15, 0.2) is 24.3 Å². The van der Waals surface area contributed by atoms with E-state index < -0.39 is 0 Å². The van der Waals surface area contributed by atoms with Crippen molar-refractivity contribution in [1.29, 1.82) is 0 Å². The molecule has 1 aliphatic heterocycles. The summed E-state index contributed by atoms with van der Waals surface area (Å²) < 4.78 is 5.30. The van der Waals surface area contributed by atoms with Crippen LogP contribution in [0.2, 0.25) is 0 Å². The topological polar surface area (TPSA) is 21.3 Å². The molecule has 2 atom stereocenters. The first-order chi connectivity index (χ1) is 8.78. The first kappa shape index (κ1) is 13.6. The Hall–Kier alpha value is -0.860. The van der Waals surface area contributed by atoms with Gasteiger partial charge in [-0.1, -0.05) is 30.7 Å². The van der Waals surface area contributed by atoms with Crippen LogP contribution in [0, 0.1) is 0 Å². The second kappa shape index (κ2) is 6.91. The summed E-state index contributed by atoms with van der Waals surface area (Å²) in [6.07, 6.45) is 6.50. The fourth-order valence-electron chi connectivity index (χ4n) is 2.61. The van der Waals surface area contributed by atoms with Gasteiger partial charge in [-0.05, 0) is 50.3 Å². The lowest BCUT2D eigenvalue weighted by Crippen LogP contribution is -2.35. The molecule has 2 rings (SSSR count). The van der Waals surface area contributed by atoms with Crippen molar-refractivity contribution in [1.82, 2.24) is 5.32 Å². The van der Waals surface area contributed by atoms with E-state index in [1.165, 1.54) is 43.4 Å². The second-order valence-corrected chi connectivity index (χ2v) is 5.42. The monoisotopic (exact) mass is 247 g/mol. The third-order valence-corrected chi connectivity index (χ3v) is 3.84. The van der Waals surface area contributed by atoms with Crippen LogP contribution in [-0.2, 0) is 17.6 Å². The van der Waals surface area contributed by atoms with E-state index in [0.29, 0.717) is 12.1 Å². The van der Waals surface area contributed by atoms with Crippen molar-refractivity contribution in [2.45, 2.75) is 51.2 Å². The highest BCUT2D eigenvalue weighted by Crippen LogP contribution is 2.14. The summed E-state index contributed by atoms with van der Waals surface area (Å²) in [5.74, 6) is 0. The number of piperidine rings is 1. The van der Waals surface area contributed by atoms with Crippen LogP contribution in [0.5, 0.6) is 0 Å². The molecular formula is C16H25NO. The molecule has 1 aliphatic rings. The Morgan fingerprint density at radius 2 is 1.94 bits per heavy atom. The van der Waals surface area contributed by atoms with E-state index in [2.05, 4.69) is 36.5 Å². The predicted octanol–water partition coefficient (Wildman–Crippen LogP) is 2.95. The molecule has 18 heavy (non-hydrogen) atoms. The van der Waals surface area contributed by atoms with Crippen molar-refractivity contribution in [3.63, 3.8) is 0 Å². The summed E-state index contributed by atoms with van der Waals surface area (Å²) >= 11 is 0. The van der Waals surface area contributed by atoms with Crippen LogP contribution in [0.25, 0.3) is 0 Å². The van der Waals surface area contributed by atoms with Gasteiger partial charge in [0, 0.05) is 13.2 Å². The average Bonchev–Trinajstić information content (AvgIpc) is 2.42. The zero-order chi connectivity index (χ0) is 12.8. The molecule has 1 N–H and O–H groups in total. The summed E-state index contributed by atoms with van der Waals surface area (Å²) in [6.45, 7) is 3.30. The maximum atomic E-state index is 5.30. The molecule has 0 spiro atoms. The van der Waals surface area contributed by atoms with Crippen LogP contribution in [0.3, 0.4) is 0 Å². The van der Waals surface area contributed by atoms with Crippen molar-refractivity contribution in [3.8, 4) is 0 Å². The molecule has 0 bridgehead atoms. The fourth-order valence-corrected chi connectivity index (χ4v) is 2.61. The van der Waals surface area contributed by atoms with Crippen molar-refractivity contribution in [2.75, 3.05) is 13.7 Å². The lowest BCUT2D eigenvalue weighted by Gasteiger charge is -2.23. The van der Waals surface area contributed by atoms with Crippen molar-refractivity contribution in [2.24, 2.45) is 0 Å². The van der Waals surface area contributed by atoms with Gasteiger partial charge in [0.25, 0.3) is 0 Å². The quantitative estimate of drug-likeness (QED) is 0.864. The smallest absolute Gasteiger partial charge is 0.0583 e. The van der Waals surface area contributed by atoms with Gasteiger partial charge in [-0.25, -0.2) is 0 Å². The summed E-state index contributed by atoms with van der Waals surface area (Å²) in [7, 11) is 1.77. The first-order valence-corrected chi connectivity index (χ1v) is 7.12. The number of hydrogen-bond donors (Lipinski definition) is 1. The zero-order valence-corrected chi connectivity index (χ0v) is 11.6. The molecule has 2 nitrogen and oxygen atoms in total.